The van der Waals surface area contributed by atoms with Crippen LogP contribution in [0.1, 0.15) is 37.2 Å². The maximum atomic E-state index is 11.8. The van der Waals surface area contributed by atoms with Crippen molar-refractivity contribution in [2.75, 3.05) is 6.61 Å². The van der Waals surface area contributed by atoms with Gasteiger partial charge in [-0.05, 0) is 19.8 Å². The first-order valence-corrected chi connectivity index (χ1v) is 5.69. The van der Waals surface area contributed by atoms with Crippen molar-refractivity contribution in [3.8, 4) is 0 Å². The Balaban J connectivity index is 2.25. The molecule has 0 fully saturated rings. The summed E-state index contributed by atoms with van der Waals surface area (Å²) < 4.78 is 7.08. The molecule has 0 saturated carbocycles. The molecular formula is C11H17N3O2. The highest BCUT2D eigenvalue weighted by molar-refractivity contribution is 5.77. The normalized spacial score (nSPS) is 19.2. The lowest BCUT2D eigenvalue weighted by Crippen LogP contribution is -2.24. The van der Waals surface area contributed by atoms with Gasteiger partial charge in [0.05, 0.1) is 12.3 Å². The van der Waals surface area contributed by atoms with Crippen LogP contribution in [0, 0.1) is 0 Å². The molecule has 5 nitrogen and oxygen atoms in total. The van der Waals surface area contributed by atoms with Crippen LogP contribution in [-0.2, 0) is 22.6 Å². The highest BCUT2D eigenvalue weighted by atomic mass is 16.5. The van der Waals surface area contributed by atoms with Gasteiger partial charge >= 0.3 is 5.97 Å². The van der Waals surface area contributed by atoms with Gasteiger partial charge in [0.2, 0.25) is 0 Å². The molecule has 1 unspecified atom stereocenters. The number of esters is 1. The zero-order valence-corrected chi connectivity index (χ0v) is 9.48. The Labute approximate surface area is 94.6 Å². The Kier molecular flexibility index (Phi) is 3.24. The maximum Gasteiger partial charge on any atom is 0.316 e. The first-order valence-electron chi connectivity index (χ1n) is 5.69. The molecule has 16 heavy (non-hydrogen) atoms. The van der Waals surface area contributed by atoms with E-state index in [-0.39, 0.29) is 11.9 Å². The summed E-state index contributed by atoms with van der Waals surface area (Å²) in [6.07, 6.45) is 3.73. The van der Waals surface area contributed by atoms with E-state index in [4.69, 9.17) is 10.5 Å². The van der Waals surface area contributed by atoms with Crippen molar-refractivity contribution in [1.82, 2.24) is 9.55 Å². The number of ether oxygens (including phenoxy) is 1. The summed E-state index contributed by atoms with van der Waals surface area (Å²) >= 11 is 0. The molecule has 0 spiro atoms. The summed E-state index contributed by atoms with van der Waals surface area (Å²) in [5, 5.41) is 0. The van der Waals surface area contributed by atoms with Gasteiger partial charge in [0, 0.05) is 19.3 Å². The summed E-state index contributed by atoms with van der Waals surface area (Å²) in [6.45, 7) is 3.56. The standard InChI is InChI=1S/C11H17N3O2/c1-2-16-11(15)9-4-3-5-14-7-8(6-12)13-10(9)14/h7,9H,2-6,12H2,1H3. The summed E-state index contributed by atoms with van der Waals surface area (Å²) in [4.78, 5) is 16.1. The third kappa shape index (κ3) is 1.95. The molecule has 1 atom stereocenters. The third-order valence-corrected chi connectivity index (χ3v) is 2.84. The Morgan fingerprint density at radius 3 is 3.25 bits per heavy atom. The molecule has 5 heteroatoms. The number of rotatable bonds is 3. The molecule has 2 heterocycles. The van der Waals surface area contributed by atoms with Gasteiger partial charge < -0.3 is 15.0 Å². The van der Waals surface area contributed by atoms with Gasteiger partial charge in [0.25, 0.3) is 0 Å². The lowest BCUT2D eigenvalue weighted by molar-refractivity contribution is -0.145. The van der Waals surface area contributed by atoms with Crippen LogP contribution in [0.5, 0.6) is 0 Å². The highest BCUT2D eigenvalue weighted by Gasteiger charge is 2.29. The fourth-order valence-corrected chi connectivity index (χ4v) is 2.10. The zero-order valence-electron chi connectivity index (χ0n) is 9.48. The van der Waals surface area contributed by atoms with E-state index in [1.807, 2.05) is 17.7 Å². The van der Waals surface area contributed by atoms with Crippen molar-refractivity contribution >= 4 is 5.97 Å². The topological polar surface area (TPSA) is 70.1 Å². The van der Waals surface area contributed by atoms with Gasteiger partial charge in [-0.15, -0.1) is 0 Å². The number of hydrogen-bond donors (Lipinski definition) is 1. The van der Waals surface area contributed by atoms with Gasteiger partial charge in [-0.3, -0.25) is 4.79 Å². The Bertz CT molecular complexity index is 387. The van der Waals surface area contributed by atoms with Gasteiger partial charge in [0.15, 0.2) is 0 Å². The molecule has 0 radical (unpaired) electrons. The molecule has 88 valence electrons. The second kappa shape index (κ2) is 4.65. The second-order valence-corrected chi connectivity index (χ2v) is 3.93. The largest absolute Gasteiger partial charge is 0.465 e. The lowest BCUT2D eigenvalue weighted by atomic mass is 9.99. The summed E-state index contributed by atoms with van der Waals surface area (Å²) in [6, 6.07) is 0. The number of nitrogens with zero attached hydrogens (tertiary/aromatic N) is 2. The van der Waals surface area contributed by atoms with E-state index in [2.05, 4.69) is 4.98 Å². The fourth-order valence-electron chi connectivity index (χ4n) is 2.10. The van der Waals surface area contributed by atoms with E-state index in [0.717, 1.165) is 30.9 Å². The molecule has 0 amide bonds. The lowest BCUT2D eigenvalue weighted by Gasteiger charge is -2.21. The Morgan fingerprint density at radius 2 is 2.56 bits per heavy atom. The molecule has 1 aliphatic heterocycles. The highest BCUT2D eigenvalue weighted by Crippen LogP contribution is 2.27. The summed E-state index contributed by atoms with van der Waals surface area (Å²) in [5.74, 6) is 0.428. The van der Waals surface area contributed by atoms with Crippen molar-refractivity contribution in [3.05, 3.63) is 17.7 Å². The average Bonchev–Trinajstić information content (AvgIpc) is 2.71. The number of aryl methyl sites for hydroxylation is 1. The second-order valence-electron chi connectivity index (χ2n) is 3.93. The molecule has 0 aromatic carbocycles. The molecule has 1 aromatic heterocycles. The van der Waals surface area contributed by atoms with E-state index >= 15 is 0 Å². The number of imidazole rings is 1. The van der Waals surface area contributed by atoms with E-state index < -0.39 is 0 Å². The van der Waals surface area contributed by atoms with Crippen LogP contribution in [-0.4, -0.2) is 22.1 Å². The van der Waals surface area contributed by atoms with Gasteiger partial charge in [0.1, 0.15) is 11.7 Å². The molecule has 1 aliphatic rings. The number of carbonyl (C=O) groups is 1. The van der Waals surface area contributed by atoms with Gasteiger partial charge in [-0.1, -0.05) is 0 Å². The van der Waals surface area contributed by atoms with Crippen LogP contribution in [0.3, 0.4) is 0 Å². The maximum absolute atomic E-state index is 11.8. The SMILES string of the molecule is CCOC(=O)C1CCCn2cc(CN)nc21. The number of fused-ring (bicyclic) bond motifs is 1. The van der Waals surface area contributed by atoms with Crippen LogP contribution in [0.4, 0.5) is 0 Å². The molecule has 0 aliphatic carbocycles. The molecule has 2 rings (SSSR count). The predicted molar refractivity (Wildman–Crippen MR) is 58.7 cm³/mol. The van der Waals surface area contributed by atoms with Crippen LogP contribution in [0.2, 0.25) is 0 Å². The number of aromatic nitrogens is 2. The van der Waals surface area contributed by atoms with Crippen LogP contribution in [0.15, 0.2) is 6.20 Å². The summed E-state index contributed by atoms with van der Waals surface area (Å²) in [7, 11) is 0. The molecular weight excluding hydrogens is 206 g/mol. The van der Waals surface area contributed by atoms with Crippen molar-refractivity contribution in [2.24, 2.45) is 5.73 Å². The molecule has 0 saturated heterocycles. The average molecular weight is 223 g/mol. The Morgan fingerprint density at radius 1 is 1.75 bits per heavy atom. The van der Waals surface area contributed by atoms with Gasteiger partial charge in [-0.2, -0.15) is 0 Å². The van der Waals surface area contributed by atoms with Crippen LogP contribution >= 0.6 is 0 Å². The first kappa shape index (κ1) is 11.1. The minimum Gasteiger partial charge on any atom is -0.465 e. The number of hydrogen-bond acceptors (Lipinski definition) is 4. The van der Waals surface area contributed by atoms with E-state index in [9.17, 15) is 4.79 Å². The van der Waals surface area contributed by atoms with E-state index in [1.54, 1.807) is 0 Å². The smallest absolute Gasteiger partial charge is 0.316 e. The molecule has 2 N–H and O–H groups in total. The minimum absolute atomic E-state index is 0.169. The predicted octanol–water partition coefficient (Wildman–Crippen LogP) is 0.782. The fraction of sp³-hybridized carbons (Fsp3) is 0.636. The van der Waals surface area contributed by atoms with Crippen LogP contribution < -0.4 is 5.73 Å². The monoisotopic (exact) mass is 223 g/mol. The van der Waals surface area contributed by atoms with Crippen molar-refractivity contribution in [3.63, 3.8) is 0 Å². The van der Waals surface area contributed by atoms with Crippen molar-refractivity contribution in [2.45, 2.75) is 38.8 Å². The quantitative estimate of drug-likeness (QED) is 0.769. The number of carbonyl (C=O) groups excluding carboxylic acids is 1. The minimum atomic E-state index is -0.214. The van der Waals surface area contributed by atoms with Crippen LogP contribution in [0.25, 0.3) is 0 Å². The van der Waals surface area contributed by atoms with E-state index in [0.29, 0.717) is 13.2 Å². The first-order chi connectivity index (χ1) is 7.76. The number of nitrogens with two attached hydrogens (primary N) is 1. The Hall–Kier alpha value is -1.36. The van der Waals surface area contributed by atoms with E-state index in [1.165, 1.54) is 0 Å². The zero-order chi connectivity index (χ0) is 11.5. The third-order valence-electron chi connectivity index (χ3n) is 2.84. The summed E-state index contributed by atoms with van der Waals surface area (Å²) in [5.41, 5.74) is 6.39. The molecule has 1 aromatic rings. The van der Waals surface area contributed by atoms with Crippen molar-refractivity contribution < 1.29 is 9.53 Å². The van der Waals surface area contributed by atoms with Gasteiger partial charge in [-0.25, -0.2) is 4.98 Å². The molecule has 0 bridgehead atoms. The van der Waals surface area contributed by atoms with Crippen molar-refractivity contribution in [1.29, 1.82) is 0 Å².